The van der Waals surface area contributed by atoms with Crippen molar-refractivity contribution in [2.45, 2.75) is 116 Å². The lowest BCUT2D eigenvalue weighted by atomic mass is 10.1. The van der Waals surface area contributed by atoms with Crippen molar-refractivity contribution in [3.8, 4) is 0 Å². The van der Waals surface area contributed by atoms with Gasteiger partial charge in [0, 0.05) is 19.6 Å². The van der Waals surface area contributed by atoms with E-state index in [1.165, 1.54) is 77.0 Å². The van der Waals surface area contributed by atoms with Crippen LogP contribution in [-0.4, -0.2) is 26.0 Å². The maximum atomic E-state index is 5.87. The normalized spacial score (nSPS) is 12.6. The Kier molecular flexibility index (Phi) is 20.8. The molecule has 0 aliphatic carbocycles. The van der Waals surface area contributed by atoms with E-state index in [-0.39, 0.29) is 6.29 Å². The molecule has 0 aromatic heterocycles. The molecule has 2 N–H and O–H groups in total. The lowest BCUT2D eigenvalue weighted by molar-refractivity contribution is -0.145. The maximum Gasteiger partial charge on any atom is 0.158 e. The predicted molar refractivity (Wildman–Crippen MR) is 105 cm³/mol. The average molecular weight is 344 g/mol. The van der Waals surface area contributed by atoms with Crippen molar-refractivity contribution in [3.63, 3.8) is 0 Å². The van der Waals surface area contributed by atoms with Gasteiger partial charge in [0.15, 0.2) is 6.29 Å². The van der Waals surface area contributed by atoms with Crippen LogP contribution >= 0.6 is 0 Å². The van der Waals surface area contributed by atoms with Crippen LogP contribution in [0.4, 0.5) is 0 Å². The van der Waals surface area contributed by atoms with Gasteiger partial charge in [-0.2, -0.15) is 0 Å². The zero-order chi connectivity index (χ0) is 17.7. The molecule has 0 bridgehead atoms. The maximum absolute atomic E-state index is 5.87. The Morgan fingerprint density at radius 1 is 0.583 bits per heavy atom. The van der Waals surface area contributed by atoms with Crippen LogP contribution in [0.25, 0.3) is 0 Å². The summed E-state index contributed by atoms with van der Waals surface area (Å²) in [5.41, 5.74) is 5.66. The highest BCUT2D eigenvalue weighted by atomic mass is 16.7. The summed E-state index contributed by atoms with van der Waals surface area (Å²) >= 11 is 0. The van der Waals surface area contributed by atoms with E-state index in [4.69, 9.17) is 15.2 Å². The van der Waals surface area contributed by atoms with E-state index >= 15 is 0 Å². The molecular weight excluding hydrogens is 298 g/mol. The highest BCUT2D eigenvalue weighted by Crippen LogP contribution is 2.10. The lowest BCUT2D eigenvalue weighted by Crippen LogP contribution is -2.22. The second-order valence-electron chi connectivity index (χ2n) is 6.99. The van der Waals surface area contributed by atoms with Gasteiger partial charge in [0.25, 0.3) is 0 Å². The third kappa shape index (κ3) is 18.2. The van der Waals surface area contributed by atoms with E-state index in [0.29, 0.717) is 6.54 Å². The van der Waals surface area contributed by atoms with Crippen LogP contribution in [0.3, 0.4) is 0 Å². The van der Waals surface area contributed by atoms with Gasteiger partial charge in [-0.05, 0) is 19.4 Å². The molecule has 0 aliphatic rings. The summed E-state index contributed by atoms with van der Waals surface area (Å²) in [7, 11) is 0. The minimum absolute atomic E-state index is 0.0878. The van der Waals surface area contributed by atoms with E-state index in [2.05, 4.69) is 13.8 Å². The quantitative estimate of drug-likeness (QED) is 0.211. The van der Waals surface area contributed by atoms with Crippen LogP contribution < -0.4 is 5.73 Å². The molecule has 0 heterocycles. The number of hydrogen-bond acceptors (Lipinski definition) is 3. The fourth-order valence-electron chi connectivity index (χ4n) is 2.90. The van der Waals surface area contributed by atoms with Crippen molar-refractivity contribution in [2.75, 3.05) is 19.8 Å². The molecule has 0 fully saturated rings. The third-order valence-corrected chi connectivity index (χ3v) is 4.51. The summed E-state index contributed by atoms with van der Waals surface area (Å²) in [6.07, 6.45) is 19.2. The standard InChI is InChI=1S/C21H45NO2/c1-3-5-7-9-11-12-14-16-20-24-21(17-18-22)23-19-15-13-10-8-6-4-2/h21H,3-20,22H2,1-2H3. The molecular formula is C21H45NO2. The Morgan fingerprint density at radius 3 is 1.33 bits per heavy atom. The van der Waals surface area contributed by atoms with Crippen LogP contribution in [0, 0.1) is 0 Å². The Labute approximate surface area is 152 Å². The summed E-state index contributed by atoms with van der Waals surface area (Å²) in [5.74, 6) is 0. The molecule has 3 heteroatoms. The second kappa shape index (κ2) is 20.9. The topological polar surface area (TPSA) is 44.5 Å². The molecule has 0 saturated heterocycles. The number of unbranched alkanes of at least 4 members (excludes halogenated alkanes) is 12. The molecule has 24 heavy (non-hydrogen) atoms. The number of ether oxygens (including phenoxy) is 2. The number of rotatable bonds is 20. The van der Waals surface area contributed by atoms with E-state index in [0.717, 1.165) is 32.5 Å². The molecule has 0 amide bonds. The van der Waals surface area contributed by atoms with E-state index in [1.807, 2.05) is 0 Å². The van der Waals surface area contributed by atoms with Crippen LogP contribution in [0.1, 0.15) is 110 Å². The van der Waals surface area contributed by atoms with Crippen molar-refractivity contribution in [1.82, 2.24) is 0 Å². The molecule has 0 radical (unpaired) electrons. The smallest absolute Gasteiger partial charge is 0.158 e. The van der Waals surface area contributed by atoms with E-state index in [1.54, 1.807) is 0 Å². The van der Waals surface area contributed by atoms with Crippen molar-refractivity contribution >= 4 is 0 Å². The highest BCUT2D eigenvalue weighted by molar-refractivity contribution is 4.50. The van der Waals surface area contributed by atoms with Gasteiger partial charge in [-0.1, -0.05) is 90.9 Å². The van der Waals surface area contributed by atoms with Crippen LogP contribution in [-0.2, 0) is 9.47 Å². The molecule has 0 rings (SSSR count). The van der Waals surface area contributed by atoms with Gasteiger partial charge in [-0.3, -0.25) is 0 Å². The van der Waals surface area contributed by atoms with Gasteiger partial charge >= 0.3 is 0 Å². The van der Waals surface area contributed by atoms with Crippen molar-refractivity contribution in [3.05, 3.63) is 0 Å². The largest absolute Gasteiger partial charge is 0.353 e. The van der Waals surface area contributed by atoms with Crippen LogP contribution in [0.5, 0.6) is 0 Å². The molecule has 1 atom stereocenters. The van der Waals surface area contributed by atoms with Gasteiger partial charge in [-0.15, -0.1) is 0 Å². The zero-order valence-corrected chi connectivity index (χ0v) is 16.7. The molecule has 0 spiro atoms. The molecule has 3 nitrogen and oxygen atoms in total. The van der Waals surface area contributed by atoms with Crippen molar-refractivity contribution < 1.29 is 9.47 Å². The first-order valence-corrected chi connectivity index (χ1v) is 10.8. The Morgan fingerprint density at radius 2 is 0.958 bits per heavy atom. The zero-order valence-electron chi connectivity index (χ0n) is 16.7. The Balaban J connectivity index is 3.42. The van der Waals surface area contributed by atoms with E-state index in [9.17, 15) is 0 Å². The first-order valence-electron chi connectivity index (χ1n) is 10.8. The molecule has 1 unspecified atom stereocenters. The Hall–Kier alpha value is -0.120. The Bertz CT molecular complexity index is 224. The van der Waals surface area contributed by atoms with Crippen LogP contribution in [0.15, 0.2) is 0 Å². The SMILES string of the molecule is CCCCCCCCCCOC(CCN)OCCCCCCCC. The molecule has 146 valence electrons. The van der Waals surface area contributed by atoms with Crippen molar-refractivity contribution in [2.24, 2.45) is 5.73 Å². The third-order valence-electron chi connectivity index (χ3n) is 4.51. The summed E-state index contributed by atoms with van der Waals surface area (Å²) in [6.45, 7) is 6.79. The fourth-order valence-corrected chi connectivity index (χ4v) is 2.90. The molecule has 0 aliphatic heterocycles. The first kappa shape index (κ1) is 23.9. The van der Waals surface area contributed by atoms with Gasteiger partial charge in [0.2, 0.25) is 0 Å². The molecule has 0 saturated carbocycles. The number of nitrogens with two attached hydrogens (primary N) is 1. The second-order valence-corrected chi connectivity index (χ2v) is 6.99. The monoisotopic (exact) mass is 343 g/mol. The van der Waals surface area contributed by atoms with Gasteiger partial charge in [0.05, 0.1) is 0 Å². The van der Waals surface area contributed by atoms with Gasteiger partial charge in [-0.25, -0.2) is 0 Å². The fraction of sp³-hybridized carbons (Fsp3) is 1.00. The molecule has 0 aromatic rings. The first-order chi connectivity index (χ1) is 11.8. The van der Waals surface area contributed by atoms with Crippen molar-refractivity contribution in [1.29, 1.82) is 0 Å². The summed E-state index contributed by atoms with van der Waals surface area (Å²) < 4.78 is 11.7. The van der Waals surface area contributed by atoms with Gasteiger partial charge in [0.1, 0.15) is 0 Å². The number of hydrogen-bond donors (Lipinski definition) is 1. The summed E-state index contributed by atoms with van der Waals surface area (Å²) in [6, 6.07) is 0. The van der Waals surface area contributed by atoms with Gasteiger partial charge < -0.3 is 15.2 Å². The highest BCUT2D eigenvalue weighted by Gasteiger charge is 2.08. The van der Waals surface area contributed by atoms with Crippen LogP contribution in [0.2, 0.25) is 0 Å². The lowest BCUT2D eigenvalue weighted by Gasteiger charge is -2.18. The summed E-state index contributed by atoms with van der Waals surface area (Å²) in [4.78, 5) is 0. The minimum Gasteiger partial charge on any atom is -0.353 e. The predicted octanol–water partition coefficient (Wildman–Crippen LogP) is 6.20. The minimum atomic E-state index is -0.0878. The summed E-state index contributed by atoms with van der Waals surface area (Å²) in [5, 5.41) is 0. The molecule has 0 aromatic carbocycles. The van der Waals surface area contributed by atoms with E-state index < -0.39 is 0 Å². The average Bonchev–Trinajstić information content (AvgIpc) is 2.59.